The average Bonchev–Trinajstić information content (AvgIpc) is 3.55. The largest absolute Gasteiger partial charge is 0.462 e. The van der Waals surface area contributed by atoms with E-state index >= 15 is 0 Å². The summed E-state index contributed by atoms with van der Waals surface area (Å²) >= 11 is 0. The Labute approximate surface area is 200 Å². The minimum Gasteiger partial charge on any atom is -0.462 e. The molecule has 2 aromatic carbocycles. The van der Waals surface area contributed by atoms with Crippen LogP contribution in [0.1, 0.15) is 55.3 Å². The highest BCUT2D eigenvalue weighted by molar-refractivity contribution is 5.91. The van der Waals surface area contributed by atoms with E-state index in [1.165, 1.54) is 12.8 Å². The Kier molecular flexibility index (Phi) is 6.61. The molecule has 0 aromatic heterocycles. The molecule has 0 spiro atoms. The molecule has 1 heterocycles. The van der Waals surface area contributed by atoms with Crippen molar-refractivity contribution < 1.29 is 23.9 Å². The molecule has 0 bridgehead atoms. The molecule has 2 aliphatic carbocycles. The van der Waals surface area contributed by atoms with Crippen molar-refractivity contribution in [1.29, 1.82) is 0 Å². The molecule has 0 unspecified atom stereocenters. The summed E-state index contributed by atoms with van der Waals surface area (Å²) in [6.45, 7) is 0. The molecule has 0 radical (unpaired) electrons. The fourth-order valence-electron chi connectivity index (χ4n) is 5.71. The molecular formula is C29H30O5. The maximum atomic E-state index is 12.9. The van der Waals surface area contributed by atoms with E-state index in [-0.39, 0.29) is 29.7 Å². The van der Waals surface area contributed by atoms with Gasteiger partial charge >= 0.3 is 11.9 Å². The molecule has 5 rings (SSSR count). The molecule has 2 saturated carbocycles. The Morgan fingerprint density at radius 3 is 2.41 bits per heavy atom. The second-order valence-corrected chi connectivity index (χ2v) is 9.78. The lowest BCUT2D eigenvalue weighted by atomic mass is 9.91. The van der Waals surface area contributed by atoms with Crippen LogP contribution in [0.4, 0.5) is 0 Å². The molecule has 0 N–H and O–H groups in total. The Morgan fingerprint density at radius 2 is 1.68 bits per heavy atom. The predicted molar refractivity (Wildman–Crippen MR) is 128 cm³/mol. The minimum atomic E-state index is -0.417. The third-order valence-electron chi connectivity index (χ3n) is 7.51. The number of fused-ring (bicyclic) bond motifs is 1. The van der Waals surface area contributed by atoms with Gasteiger partial charge in [0.25, 0.3) is 0 Å². The Balaban J connectivity index is 1.26. The van der Waals surface area contributed by atoms with E-state index in [1.54, 1.807) is 18.2 Å². The van der Waals surface area contributed by atoms with Crippen molar-refractivity contribution in [1.82, 2.24) is 0 Å². The summed E-state index contributed by atoms with van der Waals surface area (Å²) < 4.78 is 11.4. The minimum absolute atomic E-state index is 0.0544. The fourth-order valence-corrected chi connectivity index (χ4v) is 5.71. The highest BCUT2D eigenvalue weighted by Crippen LogP contribution is 2.43. The zero-order valence-corrected chi connectivity index (χ0v) is 19.2. The third kappa shape index (κ3) is 4.98. The van der Waals surface area contributed by atoms with Crippen LogP contribution in [-0.2, 0) is 19.1 Å². The summed E-state index contributed by atoms with van der Waals surface area (Å²) in [6, 6.07) is 17.4. The van der Waals surface area contributed by atoms with Gasteiger partial charge in [0, 0.05) is 24.7 Å². The number of ether oxygens (including phenoxy) is 2. The van der Waals surface area contributed by atoms with Gasteiger partial charge in [-0.15, -0.1) is 0 Å². The molecule has 34 heavy (non-hydrogen) atoms. The van der Waals surface area contributed by atoms with Crippen LogP contribution < -0.4 is 0 Å². The van der Waals surface area contributed by atoms with Gasteiger partial charge in [0.2, 0.25) is 0 Å². The molecule has 176 valence electrons. The zero-order chi connectivity index (χ0) is 23.5. The average molecular weight is 459 g/mol. The van der Waals surface area contributed by atoms with Gasteiger partial charge in [-0.3, -0.25) is 9.59 Å². The van der Waals surface area contributed by atoms with Gasteiger partial charge in [-0.05, 0) is 35.3 Å². The van der Waals surface area contributed by atoms with E-state index in [9.17, 15) is 14.4 Å². The second-order valence-electron chi connectivity index (χ2n) is 9.78. The van der Waals surface area contributed by atoms with Gasteiger partial charge in [-0.25, -0.2) is 4.79 Å². The van der Waals surface area contributed by atoms with Crippen LogP contribution in [0.3, 0.4) is 0 Å². The maximum Gasteiger partial charge on any atom is 0.338 e. The topological polar surface area (TPSA) is 69.7 Å². The third-order valence-corrected chi connectivity index (χ3v) is 7.51. The molecule has 1 saturated heterocycles. The summed E-state index contributed by atoms with van der Waals surface area (Å²) in [4.78, 5) is 37.3. The zero-order valence-electron chi connectivity index (χ0n) is 19.2. The molecule has 3 fully saturated rings. The lowest BCUT2D eigenvalue weighted by molar-refractivity contribution is -0.141. The van der Waals surface area contributed by atoms with Gasteiger partial charge < -0.3 is 9.47 Å². The fraction of sp³-hybridized carbons (Fsp3) is 0.414. The van der Waals surface area contributed by atoms with E-state index in [0.717, 1.165) is 24.0 Å². The van der Waals surface area contributed by atoms with Gasteiger partial charge in [-0.1, -0.05) is 74.2 Å². The number of benzene rings is 2. The van der Waals surface area contributed by atoms with Crippen LogP contribution in [0.2, 0.25) is 0 Å². The first-order chi connectivity index (χ1) is 16.6. The summed E-state index contributed by atoms with van der Waals surface area (Å²) in [5, 5.41) is 0. The van der Waals surface area contributed by atoms with Crippen molar-refractivity contribution in [3.05, 3.63) is 72.3 Å². The van der Waals surface area contributed by atoms with Crippen LogP contribution in [0.5, 0.6) is 0 Å². The first kappa shape index (κ1) is 22.6. The lowest BCUT2D eigenvalue weighted by Crippen LogP contribution is -2.25. The normalized spacial score (nSPS) is 26.5. The van der Waals surface area contributed by atoms with E-state index in [1.807, 2.05) is 48.5 Å². The van der Waals surface area contributed by atoms with Crippen molar-refractivity contribution in [3.63, 3.8) is 0 Å². The highest BCUT2D eigenvalue weighted by Gasteiger charge is 2.50. The number of rotatable bonds is 7. The number of carbonyl (C=O) groups is 3. The molecule has 5 nitrogen and oxygen atoms in total. The van der Waals surface area contributed by atoms with E-state index in [2.05, 4.69) is 0 Å². The van der Waals surface area contributed by atoms with Crippen LogP contribution in [-0.4, -0.2) is 29.9 Å². The summed E-state index contributed by atoms with van der Waals surface area (Å²) in [6.07, 6.45) is 8.83. The molecule has 1 aliphatic heterocycles. The van der Waals surface area contributed by atoms with Crippen molar-refractivity contribution >= 4 is 17.7 Å². The summed E-state index contributed by atoms with van der Waals surface area (Å²) in [7, 11) is 0. The van der Waals surface area contributed by atoms with Crippen LogP contribution in [0, 0.1) is 17.8 Å². The van der Waals surface area contributed by atoms with Crippen molar-refractivity contribution in [2.75, 3.05) is 0 Å². The molecule has 4 atom stereocenters. The smallest absolute Gasteiger partial charge is 0.338 e. The first-order valence-electron chi connectivity index (χ1n) is 12.3. The van der Waals surface area contributed by atoms with E-state index < -0.39 is 12.1 Å². The van der Waals surface area contributed by atoms with Crippen LogP contribution >= 0.6 is 0 Å². The Bertz CT molecular complexity index is 1070. The number of hydrogen-bond acceptors (Lipinski definition) is 5. The van der Waals surface area contributed by atoms with Gasteiger partial charge in [0.15, 0.2) is 5.78 Å². The maximum absolute atomic E-state index is 12.9. The standard InChI is InChI=1S/C29H30O5/c30-23(16-19-6-4-5-7-19)14-15-24-25-17-28(31)33-27(25)18-26(24)34-29(32)22-12-10-21(11-13-22)20-8-2-1-3-9-20/h1-3,8-15,19,24-27H,4-7,16-18H2/t24-,25-,26-,27+/m1/s1. The van der Waals surface area contributed by atoms with Crippen molar-refractivity contribution in [3.8, 4) is 11.1 Å². The van der Waals surface area contributed by atoms with E-state index in [0.29, 0.717) is 30.7 Å². The Morgan fingerprint density at radius 1 is 0.971 bits per heavy atom. The SMILES string of the molecule is O=C(C=C[C@@H]1[C@H]2CC(=O)O[C@H]2C[C@H]1OC(=O)c1ccc(-c2ccccc2)cc1)CC1CCCC1. The second kappa shape index (κ2) is 9.96. The van der Waals surface area contributed by atoms with Crippen LogP contribution in [0.15, 0.2) is 66.7 Å². The lowest BCUT2D eigenvalue weighted by Gasteiger charge is -2.20. The molecule has 3 aliphatic rings. The number of allylic oxidation sites excluding steroid dienone is 1. The summed E-state index contributed by atoms with van der Waals surface area (Å²) in [5.41, 5.74) is 2.59. The highest BCUT2D eigenvalue weighted by atomic mass is 16.6. The van der Waals surface area contributed by atoms with Crippen molar-refractivity contribution in [2.24, 2.45) is 17.8 Å². The number of ketones is 1. The van der Waals surface area contributed by atoms with Gasteiger partial charge in [-0.2, -0.15) is 0 Å². The van der Waals surface area contributed by atoms with Crippen molar-refractivity contribution in [2.45, 2.75) is 57.2 Å². The predicted octanol–water partition coefficient (Wildman–Crippen LogP) is 5.54. The van der Waals surface area contributed by atoms with Gasteiger partial charge in [0.1, 0.15) is 12.2 Å². The first-order valence-corrected chi connectivity index (χ1v) is 12.3. The quantitative estimate of drug-likeness (QED) is 0.403. The monoisotopic (exact) mass is 458 g/mol. The molecule has 0 amide bonds. The summed E-state index contributed by atoms with van der Waals surface area (Å²) in [5.74, 6) is -0.268. The van der Waals surface area contributed by atoms with E-state index in [4.69, 9.17) is 9.47 Å². The Hall–Kier alpha value is -3.21. The molecule has 5 heteroatoms. The molecular weight excluding hydrogens is 428 g/mol. The molecule has 2 aromatic rings. The number of esters is 2. The number of hydrogen-bond donors (Lipinski definition) is 0. The van der Waals surface area contributed by atoms with Crippen LogP contribution in [0.25, 0.3) is 11.1 Å². The van der Waals surface area contributed by atoms with Gasteiger partial charge in [0.05, 0.1) is 12.0 Å². The number of carbonyl (C=O) groups excluding carboxylic acids is 3.